The molecule has 196 valence electrons. The zero-order chi connectivity index (χ0) is 26.4. The predicted octanol–water partition coefficient (Wildman–Crippen LogP) is 6.37. The molecular formula is C27H31BrN4O4S. The van der Waals surface area contributed by atoms with Crippen LogP contribution < -0.4 is 14.8 Å². The smallest absolute Gasteiger partial charge is 0.338 e. The van der Waals surface area contributed by atoms with Crippen molar-refractivity contribution in [3.63, 3.8) is 0 Å². The van der Waals surface area contributed by atoms with Crippen LogP contribution in [0.25, 0.3) is 0 Å². The fourth-order valence-electron chi connectivity index (χ4n) is 4.04. The highest BCUT2D eigenvalue weighted by Crippen LogP contribution is 2.40. The van der Waals surface area contributed by atoms with Crippen LogP contribution in [0.1, 0.15) is 50.8 Å². The molecule has 0 amide bonds. The van der Waals surface area contributed by atoms with Gasteiger partial charge in [-0.1, -0.05) is 59.2 Å². The first-order valence-corrected chi connectivity index (χ1v) is 14.0. The van der Waals surface area contributed by atoms with E-state index in [9.17, 15) is 4.79 Å². The highest BCUT2D eigenvalue weighted by Gasteiger charge is 2.35. The van der Waals surface area contributed by atoms with Crippen molar-refractivity contribution in [3.05, 3.63) is 69.3 Å². The molecule has 2 aromatic carbocycles. The Hall–Kier alpha value is -2.98. The lowest BCUT2D eigenvalue weighted by atomic mass is 9.95. The Morgan fingerprint density at radius 1 is 1.19 bits per heavy atom. The highest BCUT2D eigenvalue weighted by atomic mass is 79.9. The molecule has 8 nitrogen and oxygen atoms in total. The molecule has 0 fully saturated rings. The summed E-state index contributed by atoms with van der Waals surface area (Å²) in [6.45, 7) is 6.47. The van der Waals surface area contributed by atoms with Crippen molar-refractivity contribution in [1.82, 2.24) is 14.8 Å². The van der Waals surface area contributed by atoms with Crippen LogP contribution in [-0.2, 0) is 16.1 Å². The predicted molar refractivity (Wildman–Crippen MR) is 148 cm³/mol. The molecular weight excluding hydrogens is 556 g/mol. The third-order valence-corrected chi connectivity index (χ3v) is 7.26. The van der Waals surface area contributed by atoms with Crippen LogP contribution in [-0.4, -0.2) is 40.2 Å². The van der Waals surface area contributed by atoms with Gasteiger partial charge in [-0.15, -0.1) is 5.10 Å². The lowest BCUT2D eigenvalue weighted by Crippen LogP contribution is -2.29. The molecule has 1 aliphatic rings. The summed E-state index contributed by atoms with van der Waals surface area (Å²) < 4.78 is 19.9. The summed E-state index contributed by atoms with van der Waals surface area (Å²) in [5.74, 6) is 2.29. The van der Waals surface area contributed by atoms with Crippen LogP contribution in [0.2, 0.25) is 0 Å². The number of thioether (sulfide) groups is 1. The Kier molecular flexibility index (Phi) is 9.15. The standard InChI is InChI=1S/C27H31BrN4O4S/c1-5-7-13-37-27-30-26-29-17(3)23(25(33)35-6-2)24(32(26)31-27)19-11-12-21(22(15-19)34-4)36-16-18-9-8-10-20(28)14-18/h8-12,14-15,24H,5-7,13,16H2,1-4H3,(H,29,30,31). The van der Waals surface area contributed by atoms with Crippen molar-refractivity contribution < 1.29 is 19.0 Å². The summed E-state index contributed by atoms with van der Waals surface area (Å²) in [7, 11) is 1.60. The molecule has 1 aliphatic heterocycles. The van der Waals surface area contributed by atoms with Gasteiger partial charge in [0.1, 0.15) is 12.6 Å². The van der Waals surface area contributed by atoms with Crippen LogP contribution in [0, 0.1) is 0 Å². The molecule has 0 saturated heterocycles. The van der Waals surface area contributed by atoms with Gasteiger partial charge in [0.2, 0.25) is 11.1 Å². The van der Waals surface area contributed by atoms with E-state index in [1.54, 1.807) is 30.5 Å². The average Bonchev–Trinajstić information content (AvgIpc) is 3.29. The van der Waals surface area contributed by atoms with Gasteiger partial charge in [0, 0.05) is 15.9 Å². The van der Waals surface area contributed by atoms with E-state index in [0.717, 1.165) is 34.2 Å². The van der Waals surface area contributed by atoms with Gasteiger partial charge in [-0.3, -0.25) is 0 Å². The van der Waals surface area contributed by atoms with Crippen LogP contribution in [0.15, 0.2) is 63.4 Å². The number of carbonyl (C=O) groups excluding carboxylic acids is 1. The molecule has 3 aromatic rings. The lowest BCUT2D eigenvalue weighted by Gasteiger charge is -2.28. The van der Waals surface area contributed by atoms with Crippen LogP contribution in [0.3, 0.4) is 0 Å². The molecule has 2 heterocycles. The van der Waals surface area contributed by atoms with Crippen LogP contribution in [0.5, 0.6) is 11.5 Å². The third kappa shape index (κ3) is 6.30. The molecule has 0 spiro atoms. The van der Waals surface area contributed by atoms with Gasteiger partial charge in [0.25, 0.3) is 0 Å². The summed E-state index contributed by atoms with van der Waals surface area (Å²) in [5.41, 5.74) is 3.01. The molecule has 1 atom stereocenters. The van der Waals surface area contributed by atoms with Gasteiger partial charge in [-0.25, -0.2) is 9.48 Å². The molecule has 0 saturated carbocycles. The van der Waals surface area contributed by atoms with Gasteiger partial charge in [0.15, 0.2) is 11.5 Å². The minimum Gasteiger partial charge on any atom is -0.493 e. The van der Waals surface area contributed by atoms with Crippen molar-refractivity contribution in [2.75, 3.05) is 24.8 Å². The second-order valence-electron chi connectivity index (χ2n) is 8.48. The van der Waals surface area contributed by atoms with Crippen molar-refractivity contribution >= 4 is 39.6 Å². The zero-order valence-electron chi connectivity index (χ0n) is 21.4. The average molecular weight is 588 g/mol. The number of methoxy groups -OCH3 is 1. The van der Waals surface area contributed by atoms with E-state index in [1.165, 1.54) is 0 Å². The van der Waals surface area contributed by atoms with Gasteiger partial charge in [-0.05, 0) is 55.7 Å². The molecule has 1 aromatic heterocycles. The van der Waals surface area contributed by atoms with Crippen LogP contribution in [0.4, 0.5) is 5.95 Å². The maximum Gasteiger partial charge on any atom is 0.338 e. The molecule has 0 bridgehead atoms. The first-order valence-electron chi connectivity index (χ1n) is 12.2. The van der Waals surface area contributed by atoms with Crippen molar-refractivity contribution in [2.24, 2.45) is 0 Å². The number of nitrogens with zero attached hydrogens (tertiary/aromatic N) is 3. The van der Waals surface area contributed by atoms with E-state index in [0.29, 0.717) is 40.5 Å². The van der Waals surface area contributed by atoms with E-state index in [2.05, 4.69) is 33.2 Å². The van der Waals surface area contributed by atoms with Gasteiger partial charge in [0.05, 0.1) is 19.3 Å². The van der Waals surface area contributed by atoms with Crippen molar-refractivity contribution in [1.29, 1.82) is 0 Å². The first kappa shape index (κ1) is 27.1. The van der Waals surface area contributed by atoms with E-state index >= 15 is 0 Å². The first-order chi connectivity index (χ1) is 17.9. The maximum absolute atomic E-state index is 13.1. The molecule has 1 N–H and O–H groups in total. The fraction of sp³-hybridized carbons (Fsp3) is 0.370. The zero-order valence-corrected chi connectivity index (χ0v) is 23.8. The summed E-state index contributed by atoms with van der Waals surface area (Å²) in [4.78, 5) is 17.8. The van der Waals surface area contributed by atoms with Crippen molar-refractivity contribution in [2.45, 2.75) is 51.4 Å². The van der Waals surface area contributed by atoms with Crippen molar-refractivity contribution in [3.8, 4) is 11.5 Å². The second kappa shape index (κ2) is 12.5. The monoisotopic (exact) mass is 586 g/mol. The van der Waals surface area contributed by atoms with E-state index in [4.69, 9.17) is 19.3 Å². The van der Waals surface area contributed by atoms with E-state index in [-0.39, 0.29) is 6.61 Å². The topological polar surface area (TPSA) is 87.5 Å². The number of fused-ring (bicyclic) bond motifs is 1. The molecule has 37 heavy (non-hydrogen) atoms. The Balaban J connectivity index is 1.69. The number of esters is 1. The number of unbranched alkanes of at least 4 members (excludes halogenated alkanes) is 1. The second-order valence-corrected chi connectivity index (χ2v) is 10.5. The Labute approximate surface area is 229 Å². The highest BCUT2D eigenvalue weighted by molar-refractivity contribution is 9.10. The van der Waals surface area contributed by atoms with Gasteiger partial charge in [-0.2, -0.15) is 4.98 Å². The number of rotatable bonds is 11. The minimum absolute atomic E-state index is 0.274. The lowest BCUT2D eigenvalue weighted by molar-refractivity contribution is -0.139. The Morgan fingerprint density at radius 2 is 2.03 bits per heavy atom. The number of nitrogens with one attached hydrogen (secondary N) is 1. The number of hydrogen-bond acceptors (Lipinski definition) is 8. The number of halogens is 1. The molecule has 1 unspecified atom stereocenters. The summed E-state index contributed by atoms with van der Waals surface area (Å²) in [6, 6.07) is 13.1. The summed E-state index contributed by atoms with van der Waals surface area (Å²) in [5, 5.41) is 8.66. The quantitative estimate of drug-likeness (QED) is 0.157. The summed E-state index contributed by atoms with van der Waals surface area (Å²) >= 11 is 5.10. The fourth-order valence-corrected chi connectivity index (χ4v) is 5.40. The summed E-state index contributed by atoms with van der Waals surface area (Å²) in [6.07, 6.45) is 2.18. The Morgan fingerprint density at radius 3 is 2.76 bits per heavy atom. The largest absolute Gasteiger partial charge is 0.493 e. The SMILES string of the molecule is CCCCSc1nc2n(n1)C(c1ccc(OCc3cccc(Br)c3)c(OC)c1)C(C(=O)OCC)=C(C)N2. The number of allylic oxidation sites excluding steroid dienone is 1. The Bertz CT molecular complexity index is 1290. The number of aromatic nitrogens is 3. The van der Waals surface area contributed by atoms with Gasteiger partial charge < -0.3 is 19.5 Å². The minimum atomic E-state index is -0.531. The molecule has 0 radical (unpaired) electrons. The van der Waals surface area contributed by atoms with E-state index in [1.807, 2.05) is 49.4 Å². The number of benzene rings is 2. The number of carbonyl (C=O) groups is 1. The van der Waals surface area contributed by atoms with E-state index < -0.39 is 12.0 Å². The number of hydrogen-bond donors (Lipinski definition) is 1. The molecule has 10 heteroatoms. The third-order valence-electron chi connectivity index (χ3n) is 5.84. The number of ether oxygens (including phenoxy) is 3. The normalized spacial score (nSPS) is 14.7. The van der Waals surface area contributed by atoms with Crippen LogP contribution >= 0.6 is 27.7 Å². The number of anilines is 1. The molecule has 4 rings (SSSR count). The molecule has 0 aliphatic carbocycles. The van der Waals surface area contributed by atoms with Gasteiger partial charge >= 0.3 is 5.97 Å². The maximum atomic E-state index is 13.1.